The van der Waals surface area contributed by atoms with Gasteiger partial charge in [0.05, 0.1) is 6.10 Å². The van der Waals surface area contributed by atoms with Crippen LogP contribution in [-0.2, 0) is 12.8 Å². The van der Waals surface area contributed by atoms with Crippen LogP contribution in [0.4, 0.5) is 4.39 Å². The molecule has 1 N–H and O–H groups in total. The van der Waals surface area contributed by atoms with Crippen molar-refractivity contribution in [2.24, 2.45) is 0 Å². The average molecular weight is 344 g/mol. The van der Waals surface area contributed by atoms with Crippen molar-refractivity contribution < 1.29 is 9.50 Å². The van der Waals surface area contributed by atoms with Crippen LogP contribution < -0.4 is 0 Å². The number of rotatable bonds is 4. The van der Waals surface area contributed by atoms with Gasteiger partial charge >= 0.3 is 0 Å². The van der Waals surface area contributed by atoms with E-state index in [0.29, 0.717) is 17.9 Å². The predicted molar refractivity (Wildman–Crippen MR) is 79.0 cm³/mol. The predicted octanol–water partition coefficient (Wildman–Crippen LogP) is 4.39. The number of aliphatic hydroxyl groups is 1. The standard InChI is InChI=1S/C15H13BrClFO/c16-14-6-5-12(18)7-11(14)9-13(19)8-10-3-1-2-4-15(10)17/h1-7,13,19H,8-9H2. The molecule has 0 spiro atoms. The van der Waals surface area contributed by atoms with Crippen molar-refractivity contribution in [3.63, 3.8) is 0 Å². The van der Waals surface area contributed by atoms with Crippen molar-refractivity contribution >= 4 is 27.5 Å². The lowest BCUT2D eigenvalue weighted by Crippen LogP contribution is -2.14. The van der Waals surface area contributed by atoms with Crippen molar-refractivity contribution in [1.29, 1.82) is 0 Å². The van der Waals surface area contributed by atoms with E-state index in [2.05, 4.69) is 15.9 Å². The summed E-state index contributed by atoms with van der Waals surface area (Å²) in [4.78, 5) is 0. The van der Waals surface area contributed by atoms with E-state index in [1.54, 1.807) is 12.1 Å². The average Bonchev–Trinajstić information content (AvgIpc) is 2.37. The molecule has 2 rings (SSSR count). The first kappa shape index (κ1) is 14.5. The first-order valence-electron chi connectivity index (χ1n) is 5.91. The van der Waals surface area contributed by atoms with Crippen LogP contribution in [0.2, 0.25) is 5.02 Å². The first-order chi connectivity index (χ1) is 9.06. The Hall–Kier alpha value is -0.900. The second kappa shape index (κ2) is 6.51. The number of hydrogen-bond acceptors (Lipinski definition) is 1. The number of hydrogen-bond donors (Lipinski definition) is 1. The van der Waals surface area contributed by atoms with E-state index < -0.39 is 6.10 Å². The number of aliphatic hydroxyl groups excluding tert-OH is 1. The monoisotopic (exact) mass is 342 g/mol. The van der Waals surface area contributed by atoms with Gasteiger partial charge < -0.3 is 5.11 Å². The van der Waals surface area contributed by atoms with Crippen LogP contribution in [0.3, 0.4) is 0 Å². The highest BCUT2D eigenvalue weighted by Crippen LogP contribution is 2.22. The largest absolute Gasteiger partial charge is 0.392 e. The van der Waals surface area contributed by atoms with Crippen molar-refractivity contribution in [2.45, 2.75) is 18.9 Å². The van der Waals surface area contributed by atoms with Crippen LogP contribution in [-0.4, -0.2) is 11.2 Å². The molecule has 0 aromatic heterocycles. The lowest BCUT2D eigenvalue weighted by atomic mass is 10.0. The molecule has 0 saturated carbocycles. The van der Waals surface area contributed by atoms with Gasteiger partial charge in [0.25, 0.3) is 0 Å². The van der Waals surface area contributed by atoms with E-state index in [1.807, 2.05) is 18.2 Å². The molecule has 4 heteroatoms. The summed E-state index contributed by atoms with van der Waals surface area (Å²) in [6.07, 6.45) is 0.227. The Morgan fingerprint density at radius 1 is 1.11 bits per heavy atom. The van der Waals surface area contributed by atoms with Crippen LogP contribution in [0.1, 0.15) is 11.1 Å². The molecular weight excluding hydrogens is 331 g/mol. The topological polar surface area (TPSA) is 20.2 Å². The van der Waals surface area contributed by atoms with Crippen molar-refractivity contribution in [3.05, 3.63) is 68.9 Å². The minimum Gasteiger partial charge on any atom is -0.392 e. The second-order valence-corrected chi connectivity index (χ2v) is 5.65. The first-order valence-corrected chi connectivity index (χ1v) is 7.09. The van der Waals surface area contributed by atoms with Gasteiger partial charge in [-0.2, -0.15) is 0 Å². The molecule has 0 aliphatic carbocycles. The number of benzene rings is 2. The summed E-state index contributed by atoms with van der Waals surface area (Å²) in [6, 6.07) is 11.9. The Labute approximate surface area is 125 Å². The zero-order valence-corrected chi connectivity index (χ0v) is 12.5. The fraction of sp³-hybridized carbons (Fsp3) is 0.200. The van der Waals surface area contributed by atoms with Crippen LogP contribution in [0.25, 0.3) is 0 Å². The summed E-state index contributed by atoms with van der Waals surface area (Å²) in [7, 11) is 0. The highest BCUT2D eigenvalue weighted by Gasteiger charge is 2.11. The van der Waals surface area contributed by atoms with Gasteiger partial charge in [-0.3, -0.25) is 0 Å². The third-order valence-corrected chi connectivity index (χ3v) is 4.02. The maximum Gasteiger partial charge on any atom is 0.123 e. The van der Waals surface area contributed by atoms with E-state index in [9.17, 15) is 9.50 Å². The third kappa shape index (κ3) is 4.03. The Kier molecular flexibility index (Phi) is 4.97. The highest BCUT2D eigenvalue weighted by molar-refractivity contribution is 9.10. The zero-order valence-electron chi connectivity index (χ0n) is 10.1. The summed E-state index contributed by atoms with van der Waals surface area (Å²) in [5.41, 5.74) is 1.64. The van der Waals surface area contributed by atoms with Crippen LogP contribution in [0.5, 0.6) is 0 Å². The molecule has 100 valence electrons. The Bertz CT molecular complexity index is 574. The Morgan fingerprint density at radius 2 is 1.79 bits per heavy atom. The molecule has 1 atom stereocenters. The van der Waals surface area contributed by atoms with Crippen molar-refractivity contribution in [3.8, 4) is 0 Å². The minimum atomic E-state index is -0.599. The third-order valence-electron chi connectivity index (χ3n) is 2.88. The molecule has 0 fully saturated rings. The van der Waals surface area contributed by atoms with E-state index >= 15 is 0 Å². The molecule has 2 aromatic carbocycles. The Balaban J connectivity index is 2.07. The molecule has 1 unspecified atom stereocenters. The summed E-state index contributed by atoms with van der Waals surface area (Å²) in [5, 5.41) is 10.7. The molecule has 0 saturated heterocycles. The van der Waals surface area contributed by atoms with Crippen LogP contribution >= 0.6 is 27.5 Å². The second-order valence-electron chi connectivity index (χ2n) is 4.39. The van der Waals surface area contributed by atoms with E-state index in [0.717, 1.165) is 15.6 Å². The van der Waals surface area contributed by atoms with Crippen LogP contribution in [0, 0.1) is 5.82 Å². The molecular formula is C15H13BrClFO. The maximum absolute atomic E-state index is 13.2. The minimum absolute atomic E-state index is 0.303. The molecule has 0 radical (unpaired) electrons. The number of halogens is 3. The molecule has 0 amide bonds. The van der Waals surface area contributed by atoms with Crippen molar-refractivity contribution in [2.75, 3.05) is 0 Å². The summed E-state index contributed by atoms with van der Waals surface area (Å²) >= 11 is 9.40. The molecule has 0 aliphatic heterocycles. The van der Waals surface area contributed by atoms with Gasteiger partial charge in [0, 0.05) is 15.9 Å². The van der Waals surface area contributed by atoms with E-state index in [4.69, 9.17) is 11.6 Å². The molecule has 19 heavy (non-hydrogen) atoms. The zero-order chi connectivity index (χ0) is 13.8. The maximum atomic E-state index is 13.2. The molecule has 0 bridgehead atoms. The highest BCUT2D eigenvalue weighted by atomic mass is 79.9. The van der Waals surface area contributed by atoms with Gasteiger partial charge in [-0.1, -0.05) is 45.7 Å². The van der Waals surface area contributed by atoms with Gasteiger partial charge in [-0.25, -0.2) is 4.39 Å². The lowest BCUT2D eigenvalue weighted by Gasteiger charge is -2.13. The van der Waals surface area contributed by atoms with Crippen LogP contribution in [0.15, 0.2) is 46.9 Å². The molecule has 1 nitrogen and oxygen atoms in total. The fourth-order valence-corrected chi connectivity index (χ4v) is 2.56. The van der Waals surface area contributed by atoms with Gasteiger partial charge in [0.2, 0.25) is 0 Å². The smallest absolute Gasteiger partial charge is 0.123 e. The van der Waals surface area contributed by atoms with Gasteiger partial charge in [-0.05, 0) is 41.8 Å². The summed E-state index contributed by atoms with van der Waals surface area (Å²) < 4.78 is 14.0. The summed E-state index contributed by atoms with van der Waals surface area (Å²) in [5.74, 6) is -0.303. The summed E-state index contributed by atoms with van der Waals surface area (Å²) in [6.45, 7) is 0. The van der Waals surface area contributed by atoms with Gasteiger partial charge in [0.15, 0.2) is 0 Å². The normalized spacial score (nSPS) is 12.4. The Morgan fingerprint density at radius 3 is 2.53 bits per heavy atom. The van der Waals surface area contributed by atoms with Gasteiger partial charge in [0.1, 0.15) is 5.82 Å². The van der Waals surface area contributed by atoms with Crippen molar-refractivity contribution in [1.82, 2.24) is 0 Å². The quantitative estimate of drug-likeness (QED) is 0.873. The molecule has 2 aromatic rings. The van der Waals surface area contributed by atoms with Gasteiger partial charge in [-0.15, -0.1) is 0 Å². The SMILES string of the molecule is OC(Cc1ccccc1Cl)Cc1cc(F)ccc1Br. The molecule has 0 aliphatic rings. The molecule has 0 heterocycles. The fourth-order valence-electron chi connectivity index (χ4n) is 1.94. The van der Waals surface area contributed by atoms with E-state index in [1.165, 1.54) is 12.1 Å². The lowest BCUT2D eigenvalue weighted by molar-refractivity contribution is 0.175. The van der Waals surface area contributed by atoms with E-state index in [-0.39, 0.29) is 5.82 Å².